The van der Waals surface area contributed by atoms with Gasteiger partial charge >= 0.3 is 0 Å². The van der Waals surface area contributed by atoms with Gasteiger partial charge in [0.25, 0.3) is 0 Å². The largest absolute Gasteiger partial charge is 0.315 e. The second kappa shape index (κ2) is 6.01. The van der Waals surface area contributed by atoms with Crippen molar-refractivity contribution in [2.75, 3.05) is 26.2 Å². The molecule has 0 aliphatic carbocycles. The van der Waals surface area contributed by atoms with Crippen molar-refractivity contribution in [2.45, 2.75) is 13.0 Å². The zero-order valence-electron chi connectivity index (χ0n) is 9.18. The van der Waals surface area contributed by atoms with E-state index in [-0.39, 0.29) is 0 Å². The van der Waals surface area contributed by atoms with Gasteiger partial charge in [0, 0.05) is 24.1 Å². The number of hydrogen-bond acceptors (Lipinski definition) is 2. The molecule has 1 saturated heterocycles. The first-order valence-electron chi connectivity index (χ1n) is 5.63. The average Bonchev–Trinajstić information content (AvgIpc) is 2.52. The average molecular weight is 304 g/mol. The van der Waals surface area contributed by atoms with Crippen LogP contribution in [0.25, 0.3) is 0 Å². The summed E-state index contributed by atoms with van der Waals surface area (Å²) in [6, 6.07) is 6.20. The van der Waals surface area contributed by atoms with Gasteiger partial charge in [0.15, 0.2) is 0 Å². The summed E-state index contributed by atoms with van der Waals surface area (Å²) >= 11 is 9.50. The third-order valence-corrected chi connectivity index (χ3v) is 4.06. The molecule has 1 aromatic rings. The number of nitrogens with one attached hydrogen (secondary N) is 1. The van der Waals surface area contributed by atoms with Crippen LogP contribution in [0.15, 0.2) is 22.7 Å². The molecular weight excluding hydrogens is 288 g/mol. The lowest BCUT2D eigenvalue weighted by Crippen LogP contribution is -2.27. The van der Waals surface area contributed by atoms with Crippen LogP contribution < -0.4 is 5.32 Å². The monoisotopic (exact) mass is 302 g/mol. The Balaban J connectivity index is 1.99. The second-order valence-electron chi connectivity index (χ2n) is 4.13. The highest BCUT2D eigenvalue weighted by atomic mass is 79.9. The standard InChI is InChI=1S/C12H16BrClN2/c13-11-3-2-10(8-12(11)14)9-16-6-1-4-15-5-7-16/h2-3,8,15H,1,4-7,9H2. The molecular formula is C12H16BrClN2. The third kappa shape index (κ3) is 3.45. The van der Waals surface area contributed by atoms with Gasteiger partial charge in [-0.05, 0) is 53.1 Å². The summed E-state index contributed by atoms with van der Waals surface area (Å²) in [5, 5.41) is 4.20. The highest BCUT2D eigenvalue weighted by Crippen LogP contribution is 2.23. The maximum Gasteiger partial charge on any atom is 0.0551 e. The van der Waals surface area contributed by atoms with Crippen LogP contribution in [0.2, 0.25) is 5.02 Å². The van der Waals surface area contributed by atoms with Crippen molar-refractivity contribution in [1.29, 1.82) is 0 Å². The lowest BCUT2D eigenvalue weighted by molar-refractivity contribution is 0.284. The molecule has 2 rings (SSSR count). The van der Waals surface area contributed by atoms with E-state index in [1.54, 1.807) is 0 Å². The molecule has 0 radical (unpaired) electrons. The molecule has 1 aliphatic rings. The lowest BCUT2D eigenvalue weighted by atomic mass is 10.2. The van der Waals surface area contributed by atoms with Crippen LogP contribution in [-0.2, 0) is 6.54 Å². The van der Waals surface area contributed by atoms with Gasteiger partial charge in [-0.1, -0.05) is 17.7 Å². The zero-order valence-corrected chi connectivity index (χ0v) is 11.5. The molecule has 0 amide bonds. The van der Waals surface area contributed by atoms with E-state index < -0.39 is 0 Å². The summed E-state index contributed by atoms with van der Waals surface area (Å²) in [6.07, 6.45) is 1.23. The molecule has 1 heterocycles. The van der Waals surface area contributed by atoms with E-state index in [1.165, 1.54) is 18.5 Å². The quantitative estimate of drug-likeness (QED) is 0.904. The molecule has 0 aromatic heterocycles. The zero-order chi connectivity index (χ0) is 11.4. The second-order valence-corrected chi connectivity index (χ2v) is 5.39. The number of halogens is 2. The van der Waals surface area contributed by atoms with Gasteiger partial charge in [0.05, 0.1) is 5.02 Å². The molecule has 16 heavy (non-hydrogen) atoms. The number of nitrogens with zero attached hydrogens (tertiary/aromatic N) is 1. The number of rotatable bonds is 2. The molecule has 0 unspecified atom stereocenters. The molecule has 0 atom stereocenters. The summed E-state index contributed by atoms with van der Waals surface area (Å²) in [7, 11) is 0. The first-order chi connectivity index (χ1) is 7.75. The summed E-state index contributed by atoms with van der Waals surface area (Å²) < 4.78 is 0.968. The van der Waals surface area contributed by atoms with Crippen molar-refractivity contribution in [1.82, 2.24) is 10.2 Å². The first kappa shape index (κ1) is 12.4. The van der Waals surface area contributed by atoms with Crippen molar-refractivity contribution in [3.05, 3.63) is 33.3 Å². The van der Waals surface area contributed by atoms with Crippen LogP contribution >= 0.6 is 27.5 Å². The summed E-state index contributed by atoms with van der Waals surface area (Å²) in [5.74, 6) is 0. The maximum atomic E-state index is 6.09. The van der Waals surface area contributed by atoms with Crippen LogP contribution in [-0.4, -0.2) is 31.1 Å². The molecule has 1 aromatic carbocycles. The van der Waals surface area contributed by atoms with Gasteiger partial charge in [0.2, 0.25) is 0 Å². The minimum absolute atomic E-state index is 0.797. The van der Waals surface area contributed by atoms with Crippen LogP contribution in [0.3, 0.4) is 0 Å². The van der Waals surface area contributed by atoms with Gasteiger partial charge in [-0.2, -0.15) is 0 Å². The fourth-order valence-corrected chi connectivity index (χ4v) is 2.41. The molecule has 1 aliphatic heterocycles. The molecule has 0 spiro atoms. The number of hydrogen-bond donors (Lipinski definition) is 1. The van der Waals surface area contributed by atoms with E-state index in [0.29, 0.717) is 0 Å². The van der Waals surface area contributed by atoms with E-state index in [0.717, 1.165) is 35.7 Å². The van der Waals surface area contributed by atoms with Crippen LogP contribution in [0, 0.1) is 0 Å². The van der Waals surface area contributed by atoms with E-state index >= 15 is 0 Å². The molecule has 1 N–H and O–H groups in total. The molecule has 88 valence electrons. The van der Waals surface area contributed by atoms with Crippen LogP contribution in [0.4, 0.5) is 0 Å². The minimum Gasteiger partial charge on any atom is -0.315 e. The van der Waals surface area contributed by atoms with Crippen molar-refractivity contribution >= 4 is 27.5 Å². The fraction of sp³-hybridized carbons (Fsp3) is 0.500. The van der Waals surface area contributed by atoms with Crippen LogP contribution in [0.1, 0.15) is 12.0 Å². The highest BCUT2D eigenvalue weighted by molar-refractivity contribution is 9.10. The van der Waals surface area contributed by atoms with Crippen molar-refractivity contribution in [2.24, 2.45) is 0 Å². The SMILES string of the molecule is Clc1cc(CN2CCCNCC2)ccc1Br. The molecule has 0 saturated carbocycles. The minimum atomic E-state index is 0.797. The van der Waals surface area contributed by atoms with Gasteiger partial charge < -0.3 is 5.32 Å². The smallest absolute Gasteiger partial charge is 0.0551 e. The first-order valence-corrected chi connectivity index (χ1v) is 6.80. The Morgan fingerprint density at radius 1 is 1.31 bits per heavy atom. The Morgan fingerprint density at radius 3 is 3.00 bits per heavy atom. The Bertz CT molecular complexity index is 349. The van der Waals surface area contributed by atoms with Crippen molar-refractivity contribution in [3.8, 4) is 0 Å². The Hall–Kier alpha value is -0.0900. The van der Waals surface area contributed by atoms with Gasteiger partial charge in [-0.3, -0.25) is 4.90 Å². The number of benzene rings is 1. The topological polar surface area (TPSA) is 15.3 Å². The lowest BCUT2D eigenvalue weighted by Gasteiger charge is -2.19. The van der Waals surface area contributed by atoms with E-state index in [2.05, 4.69) is 32.2 Å². The normalized spacial score (nSPS) is 18.4. The molecule has 2 nitrogen and oxygen atoms in total. The summed E-state index contributed by atoms with van der Waals surface area (Å²) in [6.45, 7) is 5.50. The van der Waals surface area contributed by atoms with E-state index in [4.69, 9.17) is 11.6 Å². The summed E-state index contributed by atoms with van der Waals surface area (Å²) in [4.78, 5) is 2.47. The van der Waals surface area contributed by atoms with E-state index in [9.17, 15) is 0 Å². The molecule has 0 bridgehead atoms. The Labute approximate surface area is 110 Å². The van der Waals surface area contributed by atoms with Gasteiger partial charge in [-0.15, -0.1) is 0 Å². The van der Waals surface area contributed by atoms with Gasteiger partial charge in [-0.25, -0.2) is 0 Å². The van der Waals surface area contributed by atoms with E-state index in [1.807, 2.05) is 12.1 Å². The fourth-order valence-electron chi connectivity index (χ4n) is 1.96. The highest BCUT2D eigenvalue weighted by Gasteiger charge is 2.09. The van der Waals surface area contributed by atoms with Crippen molar-refractivity contribution < 1.29 is 0 Å². The molecule has 1 fully saturated rings. The maximum absolute atomic E-state index is 6.09. The van der Waals surface area contributed by atoms with Crippen LogP contribution in [0.5, 0.6) is 0 Å². The third-order valence-electron chi connectivity index (χ3n) is 2.82. The summed E-state index contributed by atoms with van der Waals surface area (Å²) in [5.41, 5.74) is 1.29. The Morgan fingerprint density at radius 2 is 2.19 bits per heavy atom. The van der Waals surface area contributed by atoms with Crippen molar-refractivity contribution in [3.63, 3.8) is 0 Å². The molecule has 4 heteroatoms. The predicted octanol–water partition coefficient (Wildman–Crippen LogP) is 2.90. The predicted molar refractivity (Wildman–Crippen MR) is 71.9 cm³/mol. The van der Waals surface area contributed by atoms with Gasteiger partial charge in [0.1, 0.15) is 0 Å². The Kier molecular flexibility index (Phi) is 4.65.